The van der Waals surface area contributed by atoms with E-state index < -0.39 is 0 Å². The van der Waals surface area contributed by atoms with E-state index in [1.807, 2.05) is 19.1 Å². The molecule has 1 atom stereocenters. The molecule has 19 heavy (non-hydrogen) atoms. The highest BCUT2D eigenvalue weighted by atomic mass is 79.9. The van der Waals surface area contributed by atoms with Crippen LogP contribution >= 0.6 is 43.5 Å². The number of hydrogen-bond donors (Lipinski definition) is 0. The van der Waals surface area contributed by atoms with Crippen molar-refractivity contribution in [2.75, 3.05) is 0 Å². The molecule has 0 amide bonds. The summed E-state index contributed by atoms with van der Waals surface area (Å²) in [7, 11) is 0. The average Bonchev–Trinajstić information content (AvgIpc) is 2.37. The second-order valence-corrected chi connectivity index (χ2v) is 6.75. The van der Waals surface area contributed by atoms with Crippen molar-refractivity contribution in [3.8, 4) is 0 Å². The summed E-state index contributed by atoms with van der Waals surface area (Å²) in [5, 5.41) is 0.471. The molecule has 0 aliphatic carbocycles. The van der Waals surface area contributed by atoms with Crippen LogP contribution in [0.1, 0.15) is 21.5 Å². The first kappa shape index (κ1) is 15.0. The monoisotopic (exact) mass is 404 g/mol. The number of rotatable bonds is 3. The molecule has 0 fully saturated rings. The third-order valence-electron chi connectivity index (χ3n) is 2.99. The molecule has 2 rings (SSSR count). The molecular weight excluding hydrogens is 394 g/mol. The molecule has 0 aromatic heterocycles. The van der Waals surface area contributed by atoms with Crippen LogP contribution in [0, 0.1) is 12.7 Å². The van der Waals surface area contributed by atoms with Crippen molar-refractivity contribution in [3.63, 3.8) is 0 Å². The zero-order valence-corrected chi connectivity index (χ0v) is 14.2. The second kappa shape index (κ2) is 6.38. The fourth-order valence-corrected chi connectivity index (χ4v) is 2.98. The maximum absolute atomic E-state index is 13.8. The Morgan fingerprint density at radius 2 is 2.00 bits per heavy atom. The highest BCUT2D eigenvalue weighted by Crippen LogP contribution is 2.32. The van der Waals surface area contributed by atoms with Gasteiger partial charge in [0.1, 0.15) is 5.82 Å². The molecule has 4 heteroatoms. The lowest BCUT2D eigenvalue weighted by Crippen LogP contribution is -1.99. The molecule has 1 unspecified atom stereocenters. The molecule has 0 nitrogen and oxygen atoms in total. The van der Waals surface area contributed by atoms with Gasteiger partial charge < -0.3 is 0 Å². The first-order chi connectivity index (χ1) is 8.99. The van der Waals surface area contributed by atoms with Crippen LogP contribution in [0.15, 0.2) is 40.9 Å². The van der Waals surface area contributed by atoms with Crippen molar-refractivity contribution in [1.82, 2.24) is 0 Å². The van der Waals surface area contributed by atoms with Gasteiger partial charge in [-0.2, -0.15) is 0 Å². The van der Waals surface area contributed by atoms with Gasteiger partial charge in [0.2, 0.25) is 0 Å². The van der Waals surface area contributed by atoms with Crippen LogP contribution in [0.2, 0.25) is 5.02 Å². The average molecular weight is 407 g/mol. The van der Waals surface area contributed by atoms with Gasteiger partial charge in [-0.15, -0.1) is 0 Å². The molecule has 100 valence electrons. The topological polar surface area (TPSA) is 0 Å². The van der Waals surface area contributed by atoms with Crippen LogP contribution in [0.3, 0.4) is 0 Å². The number of alkyl halides is 1. The number of benzene rings is 2. The molecule has 0 saturated heterocycles. The Hall–Kier alpha value is -0.380. The number of aryl methyl sites for hydroxylation is 1. The van der Waals surface area contributed by atoms with E-state index in [9.17, 15) is 4.39 Å². The highest BCUT2D eigenvalue weighted by molar-refractivity contribution is 9.10. The minimum absolute atomic E-state index is 0.0358. The van der Waals surface area contributed by atoms with Gasteiger partial charge in [0, 0.05) is 19.9 Å². The minimum Gasteiger partial charge on any atom is -0.207 e. The Kier molecular flexibility index (Phi) is 5.04. The van der Waals surface area contributed by atoms with E-state index in [0.29, 0.717) is 17.0 Å². The van der Waals surface area contributed by atoms with Gasteiger partial charge in [0.15, 0.2) is 0 Å². The summed E-state index contributed by atoms with van der Waals surface area (Å²) in [6.07, 6.45) is 0.520. The van der Waals surface area contributed by atoms with E-state index in [4.69, 9.17) is 11.6 Å². The van der Waals surface area contributed by atoms with Crippen LogP contribution in [0.4, 0.5) is 4.39 Å². The largest absolute Gasteiger partial charge is 0.207 e. The van der Waals surface area contributed by atoms with Crippen LogP contribution in [0.5, 0.6) is 0 Å². The summed E-state index contributed by atoms with van der Waals surface area (Å²) in [5.74, 6) is -0.259. The van der Waals surface area contributed by atoms with Crippen LogP contribution in [0.25, 0.3) is 0 Å². The first-order valence-corrected chi connectivity index (χ1v) is 7.90. The van der Waals surface area contributed by atoms with Crippen molar-refractivity contribution in [1.29, 1.82) is 0 Å². The zero-order chi connectivity index (χ0) is 14.0. The van der Waals surface area contributed by atoms with Gasteiger partial charge in [-0.3, -0.25) is 0 Å². The zero-order valence-electron chi connectivity index (χ0n) is 10.3. The van der Waals surface area contributed by atoms with Crippen molar-refractivity contribution >= 4 is 43.5 Å². The van der Waals surface area contributed by atoms with E-state index in [0.717, 1.165) is 15.6 Å². The molecular formula is C15H12Br2ClF. The van der Waals surface area contributed by atoms with E-state index in [-0.39, 0.29) is 10.6 Å². The van der Waals surface area contributed by atoms with Gasteiger partial charge in [0.25, 0.3) is 0 Å². The van der Waals surface area contributed by atoms with Gasteiger partial charge in [0.05, 0.1) is 0 Å². The molecule has 0 spiro atoms. The van der Waals surface area contributed by atoms with Crippen molar-refractivity contribution in [2.24, 2.45) is 0 Å². The Morgan fingerprint density at radius 3 is 2.63 bits per heavy atom. The summed E-state index contributed by atoms with van der Waals surface area (Å²) >= 11 is 13.1. The molecule has 0 heterocycles. The molecule has 0 aliphatic rings. The maximum atomic E-state index is 13.8. The fourth-order valence-electron chi connectivity index (χ4n) is 1.89. The molecule has 0 N–H and O–H groups in total. The summed E-state index contributed by atoms with van der Waals surface area (Å²) < 4.78 is 14.8. The quantitative estimate of drug-likeness (QED) is 0.530. The van der Waals surface area contributed by atoms with E-state index in [2.05, 4.69) is 37.9 Å². The van der Waals surface area contributed by atoms with Crippen molar-refractivity contribution < 1.29 is 4.39 Å². The van der Waals surface area contributed by atoms with Gasteiger partial charge in [-0.25, -0.2) is 4.39 Å². The van der Waals surface area contributed by atoms with E-state index in [1.54, 1.807) is 12.1 Å². The molecule has 2 aromatic rings. The minimum atomic E-state index is -0.259. The number of hydrogen-bond acceptors (Lipinski definition) is 0. The van der Waals surface area contributed by atoms with Crippen LogP contribution in [-0.2, 0) is 6.42 Å². The second-order valence-electron chi connectivity index (χ2n) is 4.38. The lowest BCUT2D eigenvalue weighted by molar-refractivity contribution is 0.608. The maximum Gasteiger partial charge on any atom is 0.127 e. The Labute approximate surface area is 134 Å². The smallest absolute Gasteiger partial charge is 0.127 e. The van der Waals surface area contributed by atoms with Crippen molar-refractivity contribution in [3.05, 3.63) is 68.4 Å². The molecule has 0 bridgehead atoms. The predicted octanol–water partition coefficient (Wildman–Crippen LogP) is 6.23. The SMILES string of the molecule is Cc1cc(C(Br)Cc2c(F)cccc2Cl)ccc1Br. The Bertz CT molecular complexity index is 578. The van der Waals surface area contributed by atoms with Gasteiger partial charge in [-0.05, 0) is 42.7 Å². The molecule has 0 radical (unpaired) electrons. The Balaban J connectivity index is 2.25. The third-order valence-corrected chi connectivity index (χ3v) is 5.08. The van der Waals surface area contributed by atoms with E-state index >= 15 is 0 Å². The lowest BCUT2D eigenvalue weighted by atomic mass is 10.0. The normalized spacial score (nSPS) is 12.5. The van der Waals surface area contributed by atoms with Crippen LogP contribution in [-0.4, -0.2) is 0 Å². The summed E-state index contributed by atoms with van der Waals surface area (Å²) in [5.41, 5.74) is 2.81. The molecule has 0 aliphatic heterocycles. The third kappa shape index (κ3) is 3.59. The van der Waals surface area contributed by atoms with Gasteiger partial charge in [-0.1, -0.05) is 61.7 Å². The summed E-state index contributed by atoms with van der Waals surface area (Å²) in [6, 6.07) is 10.9. The van der Waals surface area contributed by atoms with E-state index in [1.165, 1.54) is 6.07 Å². The van der Waals surface area contributed by atoms with Gasteiger partial charge >= 0.3 is 0 Å². The van der Waals surface area contributed by atoms with Crippen LogP contribution < -0.4 is 0 Å². The lowest BCUT2D eigenvalue weighted by Gasteiger charge is -2.13. The summed E-state index contributed by atoms with van der Waals surface area (Å²) in [4.78, 5) is 0.0358. The number of halogens is 4. The first-order valence-electron chi connectivity index (χ1n) is 5.82. The molecule has 2 aromatic carbocycles. The standard InChI is InChI=1S/C15H12Br2ClF/c1-9-7-10(5-6-12(9)16)13(17)8-11-14(18)3-2-4-15(11)19/h2-7,13H,8H2,1H3. The van der Waals surface area contributed by atoms with Crippen molar-refractivity contribution in [2.45, 2.75) is 18.2 Å². The Morgan fingerprint density at radius 1 is 1.26 bits per heavy atom. The summed E-state index contributed by atoms with van der Waals surface area (Å²) in [6.45, 7) is 2.03. The highest BCUT2D eigenvalue weighted by Gasteiger charge is 2.14. The predicted molar refractivity (Wildman–Crippen MR) is 85.7 cm³/mol. The fraction of sp³-hybridized carbons (Fsp3) is 0.200. The molecule has 0 saturated carbocycles.